The van der Waals surface area contributed by atoms with Crippen LogP contribution in [0, 0.1) is 5.92 Å². The highest BCUT2D eigenvalue weighted by molar-refractivity contribution is 6.18. The van der Waals surface area contributed by atoms with E-state index in [1.807, 2.05) is 54.6 Å². The smallest absolute Gasteiger partial charge is 0.328 e. The Hall–Kier alpha value is -3.87. The van der Waals surface area contributed by atoms with Crippen molar-refractivity contribution in [1.82, 2.24) is 26.6 Å². The molecule has 2 aromatic carbocycles. The summed E-state index contributed by atoms with van der Waals surface area (Å²) in [6.07, 6.45) is 1.86. The molecule has 2 aromatic rings. The third kappa shape index (κ3) is 13.1. The van der Waals surface area contributed by atoms with E-state index in [0.717, 1.165) is 29.8 Å². The maximum absolute atomic E-state index is 13.9. The molecule has 12 nitrogen and oxygen atoms in total. The van der Waals surface area contributed by atoms with Crippen LogP contribution in [-0.2, 0) is 41.6 Å². The Balaban J connectivity index is 1.75. The lowest BCUT2D eigenvalue weighted by molar-refractivity contribution is -0.147. The summed E-state index contributed by atoms with van der Waals surface area (Å²) in [5, 5.41) is 14.0. The van der Waals surface area contributed by atoms with E-state index >= 15 is 0 Å². The van der Waals surface area contributed by atoms with E-state index in [9.17, 15) is 24.0 Å². The van der Waals surface area contributed by atoms with Gasteiger partial charge in [-0.25, -0.2) is 4.79 Å². The number of rotatable bonds is 20. The van der Waals surface area contributed by atoms with Crippen molar-refractivity contribution in [3.05, 3.63) is 65.7 Å². The lowest BCUT2D eigenvalue weighted by Gasteiger charge is -2.27. The molecule has 4 atom stereocenters. The Morgan fingerprint density at radius 2 is 1.48 bits per heavy atom. The van der Waals surface area contributed by atoms with E-state index in [4.69, 9.17) is 27.9 Å². The Morgan fingerprint density at radius 1 is 0.860 bits per heavy atom. The Labute approximate surface area is 304 Å². The quantitative estimate of drug-likeness (QED) is 0.103. The lowest BCUT2D eigenvalue weighted by Crippen LogP contribution is -2.58. The van der Waals surface area contributed by atoms with Crippen molar-refractivity contribution in [1.29, 1.82) is 0 Å². The van der Waals surface area contributed by atoms with Gasteiger partial charge in [0.05, 0.1) is 19.2 Å². The van der Waals surface area contributed by atoms with Gasteiger partial charge >= 0.3 is 5.97 Å². The second kappa shape index (κ2) is 21.4. The second-order valence-electron chi connectivity index (χ2n) is 12.5. The van der Waals surface area contributed by atoms with Gasteiger partial charge in [-0.2, -0.15) is 0 Å². The molecule has 0 saturated carbocycles. The van der Waals surface area contributed by atoms with Crippen molar-refractivity contribution < 1.29 is 28.7 Å². The highest BCUT2D eigenvalue weighted by atomic mass is 35.5. The number of halogens is 2. The summed E-state index contributed by atoms with van der Waals surface area (Å²) in [6, 6.07) is 13.3. The van der Waals surface area contributed by atoms with Gasteiger partial charge in [0.25, 0.3) is 0 Å². The fraction of sp³-hybridized carbons (Fsp3) is 0.528. The second-order valence-corrected chi connectivity index (χ2v) is 13.2. The Kier molecular flexibility index (Phi) is 17.3. The molecular formula is C36H50Cl2N6O6. The number of carbonyl (C=O) groups excluding carboxylic acids is 5. The van der Waals surface area contributed by atoms with Gasteiger partial charge in [0.1, 0.15) is 18.1 Å². The summed E-state index contributed by atoms with van der Waals surface area (Å²) in [7, 11) is 0. The summed E-state index contributed by atoms with van der Waals surface area (Å²) in [5.74, 6) is -2.03. The molecule has 274 valence electrons. The van der Waals surface area contributed by atoms with Crippen LogP contribution in [-0.4, -0.2) is 98.3 Å². The van der Waals surface area contributed by atoms with Gasteiger partial charge in [-0.3, -0.25) is 19.2 Å². The number of alkyl halides is 2. The van der Waals surface area contributed by atoms with Gasteiger partial charge in [0, 0.05) is 43.4 Å². The number of amides is 4. The molecule has 0 bridgehead atoms. The topological polar surface area (TPSA) is 158 Å². The zero-order valence-corrected chi connectivity index (χ0v) is 30.5. The van der Waals surface area contributed by atoms with Crippen LogP contribution in [0.2, 0.25) is 0 Å². The van der Waals surface area contributed by atoms with Crippen LogP contribution in [0.1, 0.15) is 44.7 Å². The Bertz CT molecular complexity index is 1390. The number of nitrogens with one attached hydrogen (secondary N) is 5. The van der Waals surface area contributed by atoms with Crippen LogP contribution < -0.4 is 31.5 Å². The summed E-state index contributed by atoms with van der Waals surface area (Å²) in [5.41, 5.74) is 2.49. The van der Waals surface area contributed by atoms with Gasteiger partial charge in [0.15, 0.2) is 0 Å². The molecular weight excluding hydrogens is 683 g/mol. The van der Waals surface area contributed by atoms with Crippen LogP contribution in [0.4, 0.5) is 5.69 Å². The minimum Gasteiger partial charge on any atom is -0.464 e. The maximum atomic E-state index is 13.9. The fourth-order valence-electron chi connectivity index (χ4n) is 5.64. The summed E-state index contributed by atoms with van der Waals surface area (Å²) >= 11 is 11.9. The lowest BCUT2D eigenvalue weighted by atomic mass is 10.00. The molecule has 1 fully saturated rings. The molecule has 3 rings (SSSR count). The molecule has 0 radical (unpaired) electrons. The van der Waals surface area contributed by atoms with E-state index in [1.165, 1.54) is 0 Å². The molecule has 0 spiro atoms. The average Bonchev–Trinajstić information content (AvgIpc) is 3.65. The van der Waals surface area contributed by atoms with Gasteiger partial charge in [-0.05, 0) is 55.5 Å². The van der Waals surface area contributed by atoms with E-state index in [-0.39, 0.29) is 43.9 Å². The van der Waals surface area contributed by atoms with E-state index < -0.39 is 41.8 Å². The zero-order chi connectivity index (χ0) is 36.5. The number of anilines is 1. The molecule has 1 aliphatic heterocycles. The summed E-state index contributed by atoms with van der Waals surface area (Å²) in [6.45, 7) is 7.04. The van der Waals surface area contributed by atoms with Crippen molar-refractivity contribution in [2.75, 3.05) is 49.4 Å². The molecule has 1 heterocycles. The molecule has 0 unspecified atom stereocenters. The first-order valence-electron chi connectivity index (χ1n) is 17.1. The molecule has 1 aliphatic rings. The van der Waals surface area contributed by atoms with Crippen molar-refractivity contribution in [2.24, 2.45) is 5.92 Å². The maximum Gasteiger partial charge on any atom is 0.328 e. The van der Waals surface area contributed by atoms with E-state index in [0.29, 0.717) is 31.3 Å². The van der Waals surface area contributed by atoms with E-state index in [1.54, 1.807) is 20.8 Å². The first kappa shape index (κ1) is 40.6. The third-order valence-electron chi connectivity index (χ3n) is 8.32. The highest BCUT2D eigenvalue weighted by Crippen LogP contribution is 2.17. The number of hydrogen-bond donors (Lipinski definition) is 5. The Morgan fingerprint density at radius 3 is 2.06 bits per heavy atom. The van der Waals surface area contributed by atoms with Gasteiger partial charge < -0.3 is 36.2 Å². The molecule has 50 heavy (non-hydrogen) atoms. The van der Waals surface area contributed by atoms with Gasteiger partial charge in [-0.1, -0.05) is 56.3 Å². The molecule has 0 aliphatic carbocycles. The number of esters is 1. The van der Waals surface area contributed by atoms with Crippen LogP contribution in [0.25, 0.3) is 0 Å². The zero-order valence-electron chi connectivity index (χ0n) is 29.0. The first-order valence-corrected chi connectivity index (χ1v) is 18.2. The largest absolute Gasteiger partial charge is 0.464 e. The van der Waals surface area contributed by atoms with Crippen molar-refractivity contribution in [3.8, 4) is 0 Å². The van der Waals surface area contributed by atoms with Crippen LogP contribution in [0.5, 0.6) is 0 Å². The van der Waals surface area contributed by atoms with Gasteiger partial charge in [-0.15, -0.1) is 23.2 Å². The SMILES string of the molecule is CCOC(=O)[C@@H](Cc1ccc(N(CCCl)CCCl)cc1)NC(=O)[C@@H](Cc1ccccc1)NC(=O)[C@H](NC(=O)CNC(=O)[C@@H]1CCCN1)C(C)C. The number of carbonyl (C=O) groups is 5. The standard InChI is InChI=1S/C36H50Cl2N6O6/c1-4-50-36(49)30(22-26-12-14-27(15-13-26)44(19-16-37)20-17-38)42-34(47)29(21-25-9-6-5-7-10-25)41-35(48)32(24(2)3)43-31(45)23-40-33(46)28-11-8-18-39-28/h5-7,9-10,12-15,24,28-30,32,39H,4,8,11,16-23H2,1-3H3,(H,40,46)(H,41,48)(H,42,47)(H,43,45)/t28-,29+,30+,32+/m0/s1. The third-order valence-corrected chi connectivity index (χ3v) is 8.66. The predicted octanol–water partition coefficient (Wildman–Crippen LogP) is 2.30. The molecule has 4 amide bonds. The molecule has 5 N–H and O–H groups in total. The highest BCUT2D eigenvalue weighted by Gasteiger charge is 2.32. The van der Waals surface area contributed by atoms with Crippen molar-refractivity contribution >= 4 is 58.5 Å². The van der Waals surface area contributed by atoms with Crippen molar-refractivity contribution in [3.63, 3.8) is 0 Å². The summed E-state index contributed by atoms with van der Waals surface area (Å²) < 4.78 is 5.31. The summed E-state index contributed by atoms with van der Waals surface area (Å²) in [4.78, 5) is 67.9. The van der Waals surface area contributed by atoms with Gasteiger partial charge in [0.2, 0.25) is 23.6 Å². The van der Waals surface area contributed by atoms with E-state index in [2.05, 4.69) is 31.5 Å². The number of nitrogens with zero attached hydrogens (tertiary/aromatic N) is 1. The van der Waals surface area contributed by atoms with Crippen LogP contribution in [0.3, 0.4) is 0 Å². The van der Waals surface area contributed by atoms with Crippen LogP contribution >= 0.6 is 23.2 Å². The number of ether oxygens (including phenoxy) is 1. The predicted molar refractivity (Wildman–Crippen MR) is 195 cm³/mol. The van der Waals surface area contributed by atoms with Crippen molar-refractivity contribution in [2.45, 2.75) is 70.6 Å². The minimum atomic E-state index is -1.09. The average molecular weight is 734 g/mol. The molecule has 0 aromatic heterocycles. The monoisotopic (exact) mass is 732 g/mol. The number of hydrogen-bond acceptors (Lipinski definition) is 8. The molecule has 1 saturated heterocycles. The number of benzene rings is 2. The van der Waals surface area contributed by atoms with Crippen LogP contribution in [0.15, 0.2) is 54.6 Å². The minimum absolute atomic E-state index is 0.119. The molecule has 14 heteroatoms. The first-order chi connectivity index (χ1) is 24.1. The normalized spacial score (nSPS) is 15.8. The fourth-order valence-corrected chi connectivity index (χ4v) is 6.05.